The molecule has 0 aromatic heterocycles. The smallest absolute Gasteiger partial charge is 0.320 e. The van der Waals surface area contributed by atoms with Crippen molar-refractivity contribution in [1.82, 2.24) is 9.80 Å². The normalized spacial score (nSPS) is 31.9. The van der Waals surface area contributed by atoms with Crippen molar-refractivity contribution in [1.29, 1.82) is 0 Å². The first-order chi connectivity index (χ1) is 10.1. The topological polar surface area (TPSA) is 81.1 Å². The van der Waals surface area contributed by atoms with Gasteiger partial charge in [0.2, 0.25) is 0 Å². The van der Waals surface area contributed by atoms with Crippen molar-refractivity contribution < 1.29 is 19.8 Å². The van der Waals surface area contributed by atoms with Crippen LogP contribution in [0, 0.1) is 5.92 Å². The Morgan fingerprint density at radius 3 is 2.43 bits per heavy atom. The Hall–Kier alpha value is -1.30. The number of fused-ring (bicyclic) bond motifs is 2. The van der Waals surface area contributed by atoms with Crippen molar-refractivity contribution in [2.45, 2.75) is 63.1 Å². The molecule has 3 fully saturated rings. The number of aliphatic carboxylic acids is 1. The van der Waals surface area contributed by atoms with E-state index in [-0.39, 0.29) is 30.8 Å². The summed E-state index contributed by atoms with van der Waals surface area (Å²) in [7, 11) is 0. The highest BCUT2D eigenvalue weighted by Gasteiger charge is 2.52. The van der Waals surface area contributed by atoms with Gasteiger partial charge in [0.05, 0.1) is 12.5 Å². The van der Waals surface area contributed by atoms with Crippen LogP contribution in [0.15, 0.2) is 0 Å². The molecule has 3 aliphatic rings. The maximum atomic E-state index is 12.9. The number of carboxylic acid groups (broad SMARTS) is 1. The molecule has 0 radical (unpaired) electrons. The number of aliphatic hydroxyl groups is 1. The second-order valence-corrected chi connectivity index (χ2v) is 6.52. The molecule has 21 heavy (non-hydrogen) atoms. The number of carbonyl (C=O) groups is 2. The number of aliphatic hydroxyl groups excluding tert-OH is 1. The van der Waals surface area contributed by atoms with Crippen molar-refractivity contribution in [3.8, 4) is 0 Å². The van der Waals surface area contributed by atoms with Gasteiger partial charge in [-0.15, -0.1) is 0 Å². The summed E-state index contributed by atoms with van der Waals surface area (Å²) in [5.74, 6) is -1.19. The number of rotatable bonds is 4. The van der Waals surface area contributed by atoms with Gasteiger partial charge < -0.3 is 20.0 Å². The zero-order chi connectivity index (χ0) is 15.0. The summed E-state index contributed by atoms with van der Waals surface area (Å²) in [6.07, 6.45) is 6.55. The minimum atomic E-state index is -0.783. The van der Waals surface area contributed by atoms with Crippen LogP contribution in [0.25, 0.3) is 0 Å². The highest BCUT2D eigenvalue weighted by Crippen LogP contribution is 2.43. The standard InChI is InChI=1S/C15H24N2O4/c18-8-7-16(10-3-1-2-4-10)15(21)17-11-5-6-13(17)12(9-11)14(19)20/h10-13,18H,1-9H2,(H,19,20). The van der Waals surface area contributed by atoms with E-state index in [9.17, 15) is 19.8 Å². The zero-order valence-electron chi connectivity index (χ0n) is 12.3. The highest BCUT2D eigenvalue weighted by atomic mass is 16.4. The van der Waals surface area contributed by atoms with Gasteiger partial charge in [-0.25, -0.2) is 4.79 Å². The Bertz CT molecular complexity index is 422. The van der Waals surface area contributed by atoms with E-state index >= 15 is 0 Å². The first-order valence-electron chi connectivity index (χ1n) is 8.06. The lowest BCUT2D eigenvalue weighted by Gasteiger charge is -2.34. The Balaban J connectivity index is 1.75. The molecular weight excluding hydrogens is 272 g/mol. The van der Waals surface area contributed by atoms with Crippen LogP contribution in [0.4, 0.5) is 4.79 Å². The van der Waals surface area contributed by atoms with Crippen LogP contribution in [-0.2, 0) is 4.79 Å². The van der Waals surface area contributed by atoms with Crippen molar-refractivity contribution in [3.05, 3.63) is 0 Å². The number of hydrogen-bond acceptors (Lipinski definition) is 3. The maximum Gasteiger partial charge on any atom is 0.320 e. The van der Waals surface area contributed by atoms with E-state index in [2.05, 4.69) is 0 Å². The van der Waals surface area contributed by atoms with Gasteiger partial charge in [-0.1, -0.05) is 12.8 Å². The fourth-order valence-corrected chi connectivity index (χ4v) is 4.46. The van der Waals surface area contributed by atoms with Crippen LogP contribution in [0.2, 0.25) is 0 Å². The molecule has 3 atom stereocenters. The fraction of sp³-hybridized carbons (Fsp3) is 0.867. The lowest BCUT2D eigenvalue weighted by molar-refractivity contribution is -0.142. The van der Waals surface area contributed by atoms with E-state index in [1.807, 2.05) is 4.90 Å². The third-order valence-electron chi connectivity index (χ3n) is 5.43. The maximum absolute atomic E-state index is 12.9. The van der Waals surface area contributed by atoms with Crippen molar-refractivity contribution in [3.63, 3.8) is 0 Å². The molecular formula is C15H24N2O4. The average molecular weight is 296 g/mol. The molecule has 1 saturated carbocycles. The van der Waals surface area contributed by atoms with Crippen LogP contribution in [0.1, 0.15) is 44.9 Å². The summed E-state index contributed by atoms with van der Waals surface area (Å²) in [6.45, 7) is 0.324. The summed E-state index contributed by atoms with van der Waals surface area (Å²) in [5, 5.41) is 18.6. The summed E-state index contributed by atoms with van der Waals surface area (Å²) >= 11 is 0. The van der Waals surface area contributed by atoms with Crippen LogP contribution >= 0.6 is 0 Å². The van der Waals surface area contributed by atoms with Gasteiger partial charge in [-0.05, 0) is 32.1 Å². The number of hydrogen-bond donors (Lipinski definition) is 2. The number of amides is 2. The number of carbonyl (C=O) groups excluding carboxylic acids is 1. The number of carboxylic acids is 1. The van der Waals surface area contributed by atoms with E-state index in [1.165, 1.54) is 0 Å². The van der Waals surface area contributed by atoms with Crippen molar-refractivity contribution in [2.24, 2.45) is 5.92 Å². The first kappa shape index (κ1) is 14.6. The molecule has 2 aliphatic heterocycles. The Kier molecular flexibility index (Phi) is 4.06. The van der Waals surface area contributed by atoms with Crippen LogP contribution in [0.3, 0.4) is 0 Å². The fourth-order valence-electron chi connectivity index (χ4n) is 4.46. The molecule has 0 aromatic rings. The molecule has 0 spiro atoms. The minimum absolute atomic E-state index is 0.0340. The predicted molar refractivity (Wildman–Crippen MR) is 75.8 cm³/mol. The summed E-state index contributed by atoms with van der Waals surface area (Å²) in [6, 6.07) is 0.0916. The molecule has 6 heteroatoms. The minimum Gasteiger partial charge on any atom is -0.481 e. The predicted octanol–water partition coefficient (Wildman–Crippen LogP) is 1.28. The van der Waals surface area contributed by atoms with E-state index in [1.54, 1.807) is 4.90 Å². The van der Waals surface area contributed by atoms with Gasteiger partial charge in [-0.2, -0.15) is 0 Å². The van der Waals surface area contributed by atoms with Crippen LogP contribution in [-0.4, -0.2) is 63.3 Å². The van der Waals surface area contributed by atoms with Crippen LogP contribution in [0.5, 0.6) is 0 Å². The lowest BCUT2D eigenvalue weighted by Crippen LogP contribution is -2.50. The van der Waals surface area contributed by atoms with Gasteiger partial charge >= 0.3 is 12.0 Å². The summed E-state index contributed by atoms with van der Waals surface area (Å²) in [5.41, 5.74) is 0. The molecule has 0 aromatic carbocycles. The Morgan fingerprint density at radius 2 is 1.86 bits per heavy atom. The zero-order valence-corrected chi connectivity index (χ0v) is 12.3. The van der Waals surface area contributed by atoms with Gasteiger partial charge in [0.15, 0.2) is 0 Å². The first-order valence-corrected chi connectivity index (χ1v) is 8.06. The number of nitrogens with zero attached hydrogens (tertiary/aromatic N) is 2. The monoisotopic (exact) mass is 296 g/mol. The van der Waals surface area contributed by atoms with Gasteiger partial charge in [-0.3, -0.25) is 4.79 Å². The molecule has 3 rings (SSSR count). The third kappa shape index (κ3) is 2.50. The molecule has 2 bridgehead atoms. The summed E-state index contributed by atoms with van der Waals surface area (Å²) in [4.78, 5) is 27.8. The highest BCUT2D eigenvalue weighted by molar-refractivity contribution is 5.79. The lowest BCUT2D eigenvalue weighted by atomic mass is 9.89. The largest absolute Gasteiger partial charge is 0.481 e. The molecule has 2 heterocycles. The van der Waals surface area contributed by atoms with Crippen molar-refractivity contribution >= 4 is 12.0 Å². The average Bonchev–Trinajstić information content (AvgIpc) is 3.18. The molecule has 3 unspecified atom stereocenters. The van der Waals surface area contributed by atoms with Crippen LogP contribution < -0.4 is 0 Å². The molecule has 6 nitrogen and oxygen atoms in total. The van der Waals surface area contributed by atoms with E-state index in [4.69, 9.17) is 0 Å². The second kappa shape index (κ2) is 5.83. The van der Waals surface area contributed by atoms with Gasteiger partial charge in [0, 0.05) is 24.7 Å². The molecule has 2 amide bonds. The Morgan fingerprint density at radius 1 is 1.14 bits per heavy atom. The molecule has 2 N–H and O–H groups in total. The quantitative estimate of drug-likeness (QED) is 0.819. The van der Waals surface area contributed by atoms with Gasteiger partial charge in [0.25, 0.3) is 0 Å². The van der Waals surface area contributed by atoms with E-state index in [0.717, 1.165) is 38.5 Å². The molecule has 118 valence electrons. The molecule has 2 saturated heterocycles. The SMILES string of the molecule is O=C(O)C1CC2CCC1N2C(=O)N(CCO)C1CCCC1. The summed E-state index contributed by atoms with van der Waals surface area (Å²) < 4.78 is 0. The Labute approximate surface area is 124 Å². The third-order valence-corrected chi connectivity index (χ3v) is 5.43. The number of urea groups is 1. The van der Waals surface area contributed by atoms with Crippen molar-refractivity contribution in [2.75, 3.05) is 13.2 Å². The van der Waals surface area contributed by atoms with E-state index < -0.39 is 11.9 Å². The van der Waals surface area contributed by atoms with E-state index in [0.29, 0.717) is 13.0 Å². The second-order valence-electron chi connectivity index (χ2n) is 6.52. The van der Waals surface area contributed by atoms with Gasteiger partial charge in [0.1, 0.15) is 0 Å². The molecule has 1 aliphatic carbocycles.